The number of alkyl halides is 3. The first-order chi connectivity index (χ1) is 12.7. The van der Waals surface area contributed by atoms with Crippen LogP contribution in [0.4, 0.5) is 13.2 Å². The van der Waals surface area contributed by atoms with Crippen LogP contribution in [0.25, 0.3) is 0 Å². The quantitative estimate of drug-likeness (QED) is 0.665. The molecule has 1 saturated carbocycles. The summed E-state index contributed by atoms with van der Waals surface area (Å²) in [5, 5.41) is 11.1. The molecule has 0 radical (unpaired) electrons. The summed E-state index contributed by atoms with van der Waals surface area (Å²) in [6, 6.07) is 0. The lowest BCUT2D eigenvalue weighted by Gasteiger charge is -2.07. The molecule has 0 aliphatic heterocycles. The van der Waals surface area contributed by atoms with E-state index in [9.17, 15) is 18.0 Å². The van der Waals surface area contributed by atoms with Gasteiger partial charge in [0.1, 0.15) is 5.69 Å². The van der Waals surface area contributed by atoms with Gasteiger partial charge in [-0.05, 0) is 35.7 Å². The van der Waals surface area contributed by atoms with Crippen LogP contribution in [0, 0.1) is 0 Å². The minimum Gasteiger partial charge on any atom is -0.350 e. The van der Waals surface area contributed by atoms with Crippen molar-refractivity contribution in [2.75, 3.05) is 0 Å². The third-order valence-corrected chi connectivity index (χ3v) is 5.38. The lowest BCUT2D eigenvalue weighted by Crippen LogP contribution is -2.25. The van der Waals surface area contributed by atoms with Crippen molar-refractivity contribution in [1.29, 1.82) is 0 Å². The van der Waals surface area contributed by atoms with E-state index in [0.717, 1.165) is 12.8 Å². The van der Waals surface area contributed by atoms with Crippen molar-refractivity contribution in [3.8, 4) is 0 Å². The van der Waals surface area contributed by atoms with Gasteiger partial charge in [-0.2, -0.15) is 23.4 Å². The van der Waals surface area contributed by atoms with Crippen molar-refractivity contribution in [3.63, 3.8) is 0 Å². The molecule has 11 heteroatoms. The summed E-state index contributed by atoms with van der Waals surface area (Å²) in [7, 11) is 0. The van der Waals surface area contributed by atoms with Crippen molar-refractivity contribution < 1.29 is 18.0 Å². The van der Waals surface area contributed by atoms with Crippen molar-refractivity contribution >= 4 is 33.4 Å². The highest BCUT2D eigenvalue weighted by atomic mass is 79.9. The molecular formula is C16H18BrClF3N5O. The second kappa shape index (κ2) is 7.83. The number of carbonyl (C=O) groups is 1. The Morgan fingerprint density at radius 1 is 1.41 bits per heavy atom. The predicted octanol–water partition coefficient (Wildman–Crippen LogP) is 4.12. The zero-order valence-electron chi connectivity index (χ0n) is 14.5. The Balaban J connectivity index is 1.62. The van der Waals surface area contributed by atoms with Gasteiger partial charge in [0.25, 0.3) is 0 Å². The highest BCUT2D eigenvalue weighted by Gasteiger charge is 2.41. The van der Waals surface area contributed by atoms with Gasteiger partial charge in [0.15, 0.2) is 5.69 Å². The average Bonchev–Trinajstić information content (AvgIpc) is 3.27. The highest BCUT2D eigenvalue weighted by molar-refractivity contribution is 9.10. The molecule has 0 spiro atoms. The van der Waals surface area contributed by atoms with Crippen LogP contribution in [-0.4, -0.2) is 25.5 Å². The predicted molar refractivity (Wildman–Crippen MR) is 96.3 cm³/mol. The van der Waals surface area contributed by atoms with E-state index in [-0.39, 0.29) is 35.8 Å². The van der Waals surface area contributed by atoms with Gasteiger partial charge in [0, 0.05) is 25.1 Å². The Kier molecular flexibility index (Phi) is 5.85. The molecule has 0 aromatic carbocycles. The van der Waals surface area contributed by atoms with Crippen LogP contribution in [0.2, 0.25) is 5.02 Å². The zero-order chi connectivity index (χ0) is 19.8. The van der Waals surface area contributed by atoms with Crippen LogP contribution >= 0.6 is 27.5 Å². The van der Waals surface area contributed by atoms with Crippen molar-refractivity contribution in [1.82, 2.24) is 24.9 Å². The molecule has 1 N–H and O–H groups in total. The normalized spacial score (nSPS) is 14.6. The number of halogens is 5. The third kappa shape index (κ3) is 4.66. The lowest BCUT2D eigenvalue weighted by molar-refractivity contribution is -0.142. The van der Waals surface area contributed by atoms with E-state index in [1.807, 2.05) is 6.92 Å². The first-order valence-corrected chi connectivity index (χ1v) is 9.69. The second-order valence-electron chi connectivity index (χ2n) is 6.35. The molecule has 1 fully saturated rings. The van der Waals surface area contributed by atoms with E-state index in [4.69, 9.17) is 11.6 Å². The average molecular weight is 469 g/mol. The van der Waals surface area contributed by atoms with Crippen LogP contribution in [0.3, 0.4) is 0 Å². The van der Waals surface area contributed by atoms with E-state index < -0.39 is 11.9 Å². The fourth-order valence-electron chi connectivity index (χ4n) is 2.75. The summed E-state index contributed by atoms with van der Waals surface area (Å²) in [6.45, 7) is 2.81. The summed E-state index contributed by atoms with van der Waals surface area (Å²) < 4.78 is 42.2. The third-order valence-electron chi connectivity index (χ3n) is 4.28. The minimum absolute atomic E-state index is 0.0112. The minimum atomic E-state index is -4.54. The molecule has 148 valence electrons. The number of nitrogens with zero attached hydrogens (tertiary/aromatic N) is 4. The van der Waals surface area contributed by atoms with Crippen LogP contribution in [0.5, 0.6) is 0 Å². The van der Waals surface area contributed by atoms with Gasteiger partial charge in [-0.15, -0.1) is 0 Å². The number of hydrogen-bond acceptors (Lipinski definition) is 3. The Labute approximate surface area is 167 Å². The fraction of sp³-hybridized carbons (Fsp3) is 0.562. The lowest BCUT2D eigenvalue weighted by atomic mass is 10.2. The molecule has 0 unspecified atom stereocenters. The Morgan fingerprint density at radius 2 is 2.11 bits per heavy atom. The maximum Gasteiger partial charge on any atom is 0.436 e. The van der Waals surface area contributed by atoms with Crippen LogP contribution < -0.4 is 5.32 Å². The largest absolute Gasteiger partial charge is 0.436 e. The summed E-state index contributed by atoms with van der Waals surface area (Å²) in [6.07, 6.45) is -1.20. The SMILES string of the molecule is CCn1cc(Cl)c(CNC(=O)CCn2nc(C(F)(F)F)c(Br)c2C2CC2)n1. The number of nitrogens with one attached hydrogen (secondary N) is 1. The van der Waals surface area contributed by atoms with Crippen molar-refractivity contribution in [3.05, 3.63) is 32.8 Å². The smallest absolute Gasteiger partial charge is 0.350 e. The Bertz CT molecular complexity index is 844. The summed E-state index contributed by atoms with van der Waals surface area (Å²) >= 11 is 9.08. The van der Waals surface area contributed by atoms with Crippen LogP contribution in [-0.2, 0) is 30.6 Å². The maximum absolute atomic E-state index is 13.1. The number of amides is 1. The van der Waals surface area contributed by atoms with Crippen LogP contribution in [0.15, 0.2) is 10.7 Å². The molecule has 2 heterocycles. The number of aromatic nitrogens is 4. The van der Waals surface area contributed by atoms with E-state index >= 15 is 0 Å². The first kappa shape index (κ1) is 20.2. The summed E-state index contributed by atoms with van der Waals surface area (Å²) in [4.78, 5) is 12.1. The number of carbonyl (C=O) groups excluding carboxylic acids is 1. The Morgan fingerprint density at radius 3 is 2.67 bits per heavy atom. The molecule has 0 atom stereocenters. The number of rotatable bonds is 7. The zero-order valence-corrected chi connectivity index (χ0v) is 16.8. The van der Waals surface area contributed by atoms with Crippen LogP contribution in [0.1, 0.15) is 49.2 Å². The standard InChI is InChI=1S/C16H18BrClF3N5O/c1-2-25-8-10(18)11(23-25)7-22-12(27)5-6-26-14(9-3-4-9)13(17)15(24-26)16(19,20)21/h8-9H,2-7H2,1H3,(H,22,27). The van der Waals surface area contributed by atoms with Gasteiger partial charge in [-0.25, -0.2) is 0 Å². The van der Waals surface area contributed by atoms with Gasteiger partial charge in [-0.3, -0.25) is 14.2 Å². The van der Waals surface area contributed by atoms with Gasteiger partial charge in [0.2, 0.25) is 5.91 Å². The van der Waals surface area contributed by atoms with Crippen molar-refractivity contribution in [2.45, 2.75) is 57.9 Å². The number of aryl methyl sites for hydroxylation is 2. The molecule has 0 saturated heterocycles. The molecule has 3 rings (SSSR count). The fourth-order valence-corrected chi connectivity index (χ4v) is 3.80. The van der Waals surface area contributed by atoms with Gasteiger partial charge in [0.05, 0.1) is 28.3 Å². The van der Waals surface area contributed by atoms with Crippen molar-refractivity contribution in [2.24, 2.45) is 0 Å². The van der Waals surface area contributed by atoms with E-state index in [0.29, 0.717) is 23.0 Å². The second-order valence-corrected chi connectivity index (χ2v) is 7.55. The summed E-state index contributed by atoms with van der Waals surface area (Å²) in [5.74, 6) is -0.248. The molecule has 2 aromatic heterocycles. The summed E-state index contributed by atoms with van der Waals surface area (Å²) in [5.41, 5.74) is 0.119. The molecule has 6 nitrogen and oxygen atoms in total. The number of hydrogen-bond donors (Lipinski definition) is 1. The van der Waals surface area contributed by atoms with E-state index in [1.54, 1.807) is 10.9 Å². The molecule has 1 aliphatic rings. The Hall–Kier alpha value is -1.55. The van der Waals surface area contributed by atoms with Gasteiger partial charge >= 0.3 is 6.18 Å². The molecule has 0 bridgehead atoms. The molecule has 27 heavy (non-hydrogen) atoms. The maximum atomic E-state index is 13.1. The molecule has 2 aromatic rings. The van der Waals surface area contributed by atoms with E-state index in [2.05, 4.69) is 31.4 Å². The molecular weight excluding hydrogens is 451 g/mol. The first-order valence-electron chi connectivity index (χ1n) is 8.52. The highest BCUT2D eigenvalue weighted by Crippen LogP contribution is 2.47. The van der Waals surface area contributed by atoms with Gasteiger partial charge < -0.3 is 5.32 Å². The van der Waals surface area contributed by atoms with E-state index in [1.165, 1.54) is 4.68 Å². The topological polar surface area (TPSA) is 64.7 Å². The molecule has 1 aliphatic carbocycles. The van der Waals surface area contributed by atoms with Gasteiger partial charge in [-0.1, -0.05) is 11.6 Å². The monoisotopic (exact) mass is 467 g/mol. The molecule has 1 amide bonds.